The van der Waals surface area contributed by atoms with Gasteiger partial charge in [0.2, 0.25) is 21.9 Å². The van der Waals surface area contributed by atoms with E-state index in [0.717, 1.165) is 67.3 Å². The predicted molar refractivity (Wildman–Crippen MR) is 264 cm³/mol. The van der Waals surface area contributed by atoms with Gasteiger partial charge in [-0.3, -0.25) is 10.9 Å². The second-order valence-electron chi connectivity index (χ2n) is 14.6. The third kappa shape index (κ3) is 7.79. The van der Waals surface area contributed by atoms with Gasteiger partial charge in [-0.1, -0.05) is 170 Å². The zero-order valence-electron chi connectivity index (χ0n) is 33.3. The minimum Gasteiger partial charge on any atom is -0.270 e. The van der Waals surface area contributed by atoms with E-state index in [1.54, 1.807) is 10.0 Å². The largest absolute Gasteiger partial charge is 0.270 e. The summed E-state index contributed by atoms with van der Waals surface area (Å²) in [5.41, 5.74) is 19.1. The summed E-state index contributed by atoms with van der Waals surface area (Å²) in [7, 11) is 0. The van der Waals surface area contributed by atoms with Crippen molar-refractivity contribution in [2.24, 2.45) is 10.2 Å². The molecule has 0 aliphatic carbocycles. The molecule has 0 bridgehead atoms. The Kier molecular flexibility index (Phi) is 10.5. The van der Waals surface area contributed by atoms with E-state index in [4.69, 9.17) is 34.6 Å². The van der Waals surface area contributed by atoms with Gasteiger partial charge in [0.05, 0.1) is 22.7 Å². The zero-order valence-corrected chi connectivity index (χ0v) is 34.9. The molecule has 10 rings (SSSR count). The first-order chi connectivity index (χ1) is 30.6. The molecule has 0 radical (unpaired) electrons. The summed E-state index contributed by atoms with van der Waals surface area (Å²) in [5, 5.41) is 18.4. The van der Waals surface area contributed by atoms with E-state index in [9.17, 15) is 0 Å². The fraction of sp³-hybridized carbons (Fsp3) is 0. The summed E-state index contributed by atoms with van der Waals surface area (Å²) >= 11 is 12.4. The van der Waals surface area contributed by atoms with E-state index in [2.05, 4.69) is 108 Å². The zero-order chi connectivity index (χ0) is 41.8. The Morgan fingerprint density at radius 1 is 0.274 bits per heavy atom. The summed E-state index contributed by atoms with van der Waals surface area (Å²) in [6, 6.07) is 74.2. The molecule has 2 N–H and O–H groups in total. The lowest BCUT2D eigenvalue weighted by Crippen LogP contribution is -2.65. The van der Waals surface area contributed by atoms with Crippen LogP contribution in [0.2, 0.25) is 0 Å². The molecule has 0 atom stereocenters. The lowest BCUT2D eigenvalue weighted by atomic mass is 10.1. The Morgan fingerprint density at radius 3 is 0.758 bits per heavy atom. The highest BCUT2D eigenvalue weighted by Crippen LogP contribution is 2.31. The highest BCUT2D eigenvalue weighted by atomic mass is 32.1. The monoisotopic (exact) mass is 838 g/mol. The first-order valence-corrected chi connectivity index (χ1v) is 21.0. The van der Waals surface area contributed by atoms with E-state index in [1.165, 1.54) is 0 Å². The molecular formula is C52H38N8S2. The van der Waals surface area contributed by atoms with Crippen LogP contribution in [0.5, 0.6) is 0 Å². The van der Waals surface area contributed by atoms with Crippen LogP contribution in [0.1, 0.15) is 0 Å². The van der Waals surface area contributed by atoms with Gasteiger partial charge in [-0.25, -0.2) is 20.0 Å². The number of hydrogen-bond donors (Lipinski definition) is 2. The van der Waals surface area contributed by atoms with Gasteiger partial charge < -0.3 is 0 Å². The number of nitrogens with zero attached hydrogens (tertiary/aromatic N) is 6. The van der Waals surface area contributed by atoms with Crippen LogP contribution in [-0.2, 0) is 0 Å². The maximum Gasteiger partial charge on any atom is 0.221 e. The van der Waals surface area contributed by atoms with Gasteiger partial charge >= 0.3 is 0 Å². The van der Waals surface area contributed by atoms with Crippen LogP contribution in [0, 0.1) is 0 Å². The molecule has 8 nitrogen and oxygen atoms in total. The van der Waals surface area contributed by atoms with Crippen molar-refractivity contribution in [3.8, 4) is 44.5 Å². The van der Waals surface area contributed by atoms with Gasteiger partial charge in [0.1, 0.15) is 0 Å². The number of thiocarbonyl (C=S) groups is 2. The molecular weight excluding hydrogens is 801 g/mol. The quantitative estimate of drug-likeness (QED) is 0.139. The number of rotatable bonds is 9. The lowest BCUT2D eigenvalue weighted by molar-refractivity contribution is 0.861. The Labute approximate surface area is 371 Å². The average molecular weight is 839 g/mol. The van der Waals surface area contributed by atoms with Crippen molar-refractivity contribution in [2.75, 3.05) is 20.0 Å². The smallest absolute Gasteiger partial charge is 0.221 e. The Morgan fingerprint density at radius 2 is 0.500 bits per heavy atom. The lowest BCUT2D eigenvalue weighted by Gasteiger charge is -2.40. The van der Waals surface area contributed by atoms with Crippen LogP contribution in [0.4, 0.5) is 22.7 Å². The van der Waals surface area contributed by atoms with Gasteiger partial charge in [-0.15, -0.1) is 10.2 Å². The molecule has 8 aromatic carbocycles. The van der Waals surface area contributed by atoms with Crippen LogP contribution in [-0.4, -0.2) is 21.9 Å². The summed E-state index contributed by atoms with van der Waals surface area (Å²) in [6.45, 7) is 0. The number of amidine groups is 2. The Balaban J connectivity index is 1.05. The molecule has 0 saturated heterocycles. The van der Waals surface area contributed by atoms with Gasteiger partial charge in [0.15, 0.2) is 0 Å². The molecule has 8 aromatic rings. The van der Waals surface area contributed by atoms with E-state index in [-0.39, 0.29) is 0 Å². The molecule has 0 amide bonds. The van der Waals surface area contributed by atoms with Crippen molar-refractivity contribution in [1.29, 1.82) is 0 Å². The maximum atomic E-state index is 6.22. The SMILES string of the molecule is S=C1N(c2ccc(-c3ccccc3)cc2)N=C(C2=NN(c3ccc(-c4ccccc4)cc3)C(=S)N(c3ccc(-c4ccccc4)cc3)N2)NN1c1ccc(-c2ccccc2)cc1. The van der Waals surface area contributed by atoms with Crippen LogP contribution < -0.4 is 30.9 Å². The third-order valence-electron chi connectivity index (χ3n) is 10.7. The Bertz CT molecular complexity index is 2710. The maximum absolute atomic E-state index is 6.22. The van der Waals surface area contributed by atoms with Crippen molar-refractivity contribution in [1.82, 2.24) is 10.9 Å². The van der Waals surface area contributed by atoms with Crippen molar-refractivity contribution < 1.29 is 0 Å². The standard InChI is InChI=1S/C52H38N8S2/c61-51-57(45-29-21-41(22-30-45)37-13-5-1-6-14-37)53-49(54-58(51)46-31-23-42(24-32-46)38-15-7-2-8-16-38)50-55-59(47-33-25-43(26-34-47)39-17-9-3-10-18-39)52(62)60(56-50)48-35-27-44(28-36-48)40-19-11-4-12-20-40/h1-36H,(H,53,54)(H,55,56). The normalized spacial score (nSPS) is 13.9. The molecule has 298 valence electrons. The number of hydrogen-bond acceptors (Lipinski definition) is 6. The van der Waals surface area contributed by atoms with Crippen molar-refractivity contribution in [3.63, 3.8) is 0 Å². The van der Waals surface area contributed by atoms with E-state index < -0.39 is 0 Å². The van der Waals surface area contributed by atoms with Crippen LogP contribution in [0.25, 0.3) is 44.5 Å². The van der Waals surface area contributed by atoms with E-state index in [0.29, 0.717) is 21.9 Å². The topological polar surface area (TPSA) is 61.7 Å². The molecule has 0 aromatic heterocycles. The van der Waals surface area contributed by atoms with Crippen molar-refractivity contribution in [3.05, 3.63) is 218 Å². The fourth-order valence-electron chi connectivity index (χ4n) is 7.43. The number of hydrazine groups is 2. The van der Waals surface area contributed by atoms with E-state index in [1.807, 2.05) is 131 Å². The molecule has 0 saturated carbocycles. The number of anilines is 4. The molecule has 2 aliphatic heterocycles. The molecule has 10 heteroatoms. The average Bonchev–Trinajstić information content (AvgIpc) is 3.35. The first kappa shape index (κ1) is 38.3. The summed E-state index contributed by atoms with van der Waals surface area (Å²) in [4.78, 5) is 0. The van der Waals surface area contributed by atoms with Gasteiger partial charge in [-0.05, 0) is 117 Å². The molecule has 0 fully saturated rings. The number of benzene rings is 8. The van der Waals surface area contributed by atoms with Gasteiger partial charge in [0, 0.05) is 0 Å². The summed E-state index contributed by atoms with van der Waals surface area (Å²) in [6.07, 6.45) is 0. The second kappa shape index (κ2) is 17.0. The first-order valence-electron chi connectivity index (χ1n) is 20.2. The number of nitrogens with one attached hydrogen (secondary N) is 2. The third-order valence-corrected chi connectivity index (χ3v) is 11.4. The van der Waals surface area contributed by atoms with E-state index >= 15 is 0 Å². The summed E-state index contributed by atoms with van der Waals surface area (Å²) < 4.78 is 0. The predicted octanol–water partition coefficient (Wildman–Crippen LogP) is 11.9. The van der Waals surface area contributed by atoms with Gasteiger partial charge in [0.25, 0.3) is 0 Å². The molecule has 0 unspecified atom stereocenters. The second-order valence-corrected chi connectivity index (χ2v) is 15.4. The van der Waals surface area contributed by atoms with Crippen LogP contribution in [0.15, 0.2) is 229 Å². The van der Waals surface area contributed by atoms with Crippen LogP contribution in [0.3, 0.4) is 0 Å². The van der Waals surface area contributed by atoms with Crippen molar-refractivity contribution >= 4 is 69.1 Å². The van der Waals surface area contributed by atoms with Gasteiger partial charge in [-0.2, -0.15) is 0 Å². The number of hydrazone groups is 2. The highest BCUT2D eigenvalue weighted by molar-refractivity contribution is 7.81. The molecule has 2 heterocycles. The highest BCUT2D eigenvalue weighted by Gasteiger charge is 2.34. The summed E-state index contributed by atoms with van der Waals surface area (Å²) in [5.74, 6) is 0.828. The molecule has 62 heavy (non-hydrogen) atoms. The Hall–Kier alpha value is -7.92. The molecule has 0 spiro atoms. The van der Waals surface area contributed by atoms with Crippen LogP contribution >= 0.6 is 24.4 Å². The minimum absolute atomic E-state index is 0.414. The van der Waals surface area contributed by atoms with Crippen molar-refractivity contribution in [2.45, 2.75) is 0 Å². The molecule has 2 aliphatic rings. The minimum atomic E-state index is 0.414. The fourth-order valence-corrected chi connectivity index (χ4v) is 8.03.